The van der Waals surface area contributed by atoms with E-state index in [0.29, 0.717) is 43.9 Å². The highest BCUT2D eigenvalue weighted by Gasteiger charge is 2.69. The lowest BCUT2D eigenvalue weighted by atomic mass is 9.42. The largest absolute Gasteiger partial charge is 0.462 e. The molecule has 0 aliphatic heterocycles. The van der Waals surface area contributed by atoms with Crippen LogP contribution >= 0.6 is 0 Å². The van der Waals surface area contributed by atoms with Gasteiger partial charge in [-0.05, 0) is 72.5 Å². The lowest BCUT2D eigenvalue weighted by molar-refractivity contribution is -0.209. The molecule has 6 heteroatoms. The van der Waals surface area contributed by atoms with Crippen LogP contribution in [-0.2, 0) is 14.3 Å². The number of fused-ring (bicyclic) bond motifs is 5. The average molecular weight is 505 g/mol. The summed E-state index contributed by atoms with van der Waals surface area (Å²) in [6.07, 6.45) is 4.60. The number of ether oxygens (including phenoxy) is 1. The van der Waals surface area contributed by atoms with Gasteiger partial charge in [0.15, 0.2) is 5.78 Å². The summed E-state index contributed by atoms with van der Waals surface area (Å²) in [4.78, 5) is 25.7. The Bertz CT molecular complexity index is 883. The lowest BCUT2D eigenvalue weighted by Gasteiger charge is -2.62. The highest BCUT2D eigenvalue weighted by atomic mass is 16.5. The third-order valence-corrected chi connectivity index (χ3v) is 11.2. The van der Waals surface area contributed by atoms with Crippen molar-refractivity contribution in [3.05, 3.63) is 12.2 Å². The first-order valence-electron chi connectivity index (χ1n) is 14.2. The van der Waals surface area contributed by atoms with E-state index in [1.807, 2.05) is 0 Å². The summed E-state index contributed by atoms with van der Waals surface area (Å²) in [5.74, 6) is -0.530. The van der Waals surface area contributed by atoms with Crippen molar-refractivity contribution in [3.63, 3.8) is 0 Å². The quantitative estimate of drug-likeness (QED) is 0.384. The third kappa shape index (κ3) is 4.39. The molecule has 3 N–H and O–H groups in total. The van der Waals surface area contributed by atoms with Gasteiger partial charge in [0.2, 0.25) is 0 Å². The molecule has 0 amide bonds. The van der Waals surface area contributed by atoms with Crippen LogP contribution in [-0.4, -0.2) is 51.5 Å². The van der Waals surface area contributed by atoms with Crippen molar-refractivity contribution in [3.8, 4) is 0 Å². The molecule has 0 spiro atoms. The Morgan fingerprint density at radius 3 is 2.33 bits per heavy atom. The molecule has 36 heavy (non-hydrogen) atoms. The molecule has 4 saturated carbocycles. The fraction of sp³-hybridized carbons (Fsp3) is 0.867. The molecule has 0 heterocycles. The van der Waals surface area contributed by atoms with E-state index in [-0.39, 0.29) is 52.9 Å². The summed E-state index contributed by atoms with van der Waals surface area (Å²) < 4.78 is 5.93. The van der Waals surface area contributed by atoms with Gasteiger partial charge in [-0.2, -0.15) is 0 Å². The molecule has 0 aromatic carbocycles. The van der Waals surface area contributed by atoms with E-state index >= 15 is 0 Å². The van der Waals surface area contributed by atoms with Gasteiger partial charge in [-0.1, -0.05) is 53.7 Å². The molecule has 0 saturated heterocycles. The zero-order chi connectivity index (χ0) is 26.7. The molecule has 0 radical (unpaired) electrons. The van der Waals surface area contributed by atoms with Crippen molar-refractivity contribution >= 4 is 11.8 Å². The van der Waals surface area contributed by atoms with Crippen LogP contribution in [0, 0.1) is 58.2 Å². The van der Waals surface area contributed by atoms with E-state index in [0.717, 1.165) is 0 Å². The monoisotopic (exact) mass is 504 g/mol. The second-order valence-electron chi connectivity index (χ2n) is 13.6. The summed E-state index contributed by atoms with van der Waals surface area (Å²) in [5, 5.41) is 33.5. The van der Waals surface area contributed by atoms with Crippen LogP contribution in [0.4, 0.5) is 0 Å². The van der Waals surface area contributed by atoms with Crippen LogP contribution in [0.15, 0.2) is 12.2 Å². The van der Waals surface area contributed by atoms with Crippen molar-refractivity contribution in [1.82, 2.24) is 0 Å². The molecule has 0 aromatic heterocycles. The smallest absolute Gasteiger partial charge is 0.302 e. The van der Waals surface area contributed by atoms with Crippen LogP contribution < -0.4 is 0 Å². The maximum absolute atomic E-state index is 13.5. The number of hydrogen-bond acceptors (Lipinski definition) is 6. The van der Waals surface area contributed by atoms with Crippen molar-refractivity contribution in [2.24, 2.45) is 58.2 Å². The molecular weight excluding hydrogens is 456 g/mol. The second kappa shape index (κ2) is 9.81. The molecular formula is C30H48O6. The standard InChI is InChI=1S/C30H48O6/c1-15(2)16(3)8-9-17(4)25-23(36-18(5)31)13-20-24-26(22(33)14-30(20,25)7)29(6)11-10-19(32)12-21(29)27(34)28(24)35/h8-9,15-17,19-26,28,32-33,35H,10-14H2,1-7H3. The molecule has 4 aliphatic rings. The first-order chi connectivity index (χ1) is 16.7. The molecule has 204 valence electrons. The van der Waals surface area contributed by atoms with Crippen LogP contribution in [0.5, 0.6) is 0 Å². The van der Waals surface area contributed by atoms with E-state index in [1.54, 1.807) is 0 Å². The summed E-state index contributed by atoms with van der Waals surface area (Å²) in [5.41, 5.74) is -0.835. The Kier molecular flexibility index (Phi) is 7.57. The van der Waals surface area contributed by atoms with Crippen LogP contribution in [0.3, 0.4) is 0 Å². The summed E-state index contributed by atoms with van der Waals surface area (Å²) in [6.45, 7) is 14.5. The van der Waals surface area contributed by atoms with Gasteiger partial charge < -0.3 is 20.1 Å². The lowest BCUT2D eigenvalue weighted by Crippen LogP contribution is -2.66. The van der Waals surface area contributed by atoms with Crippen molar-refractivity contribution in [2.75, 3.05) is 0 Å². The first kappa shape index (κ1) is 27.8. The van der Waals surface area contributed by atoms with Crippen LogP contribution in [0.25, 0.3) is 0 Å². The number of ketones is 1. The Balaban J connectivity index is 1.73. The molecule has 13 unspecified atom stereocenters. The fourth-order valence-corrected chi connectivity index (χ4v) is 9.12. The molecule has 4 aliphatic carbocycles. The van der Waals surface area contributed by atoms with Crippen molar-refractivity contribution in [2.45, 2.75) is 105 Å². The van der Waals surface area contributed by atoms with E-state index in [1.165, 1.54) is 6.92 Å². The van der Waals surface area contributed by atoms with E-state index in [9.17, 15) is 24.9 Å². The minimum atomic E-state index is -1.17. The van der Waals surface area contributed by atoms with Gasteiger partial charge in [-0.25, -0.2) is 0 Å². The Morgan fingerprint density at radius 1 is 1.06 bits per heavy atom. The number of rotatable bonds is 5. The highest BCUT2D eigenvalue weighted by Crippen LogP contribution is 2.68. The van der Waals surface area contributed by atoms with Gasteiger partial charge in [0.05, 0.1) is 12.2 Å². The maximum Gasteiger partial charge on any atom is 0.302 e. The van der Waals surface area contributed by atoms with E-state index < -0.39 is 29.6 Å². The predicted molar refractivity (Wildman–Crippen MR) is 138 cm³/mol. The summed E-state index contributed by atoms with van der Waals surface area (Å²) in [7, 11) is 0. The van der Waals surface area contributed by atoms with Crippen LogP contribution in [0.2, 0.25) is 0 Å². The van der Waals surface area contributed by atoms with Gasteiger partial charge >= 0.3 is 5.97 Å². The minimum Gasteiger partial charge on any atom is -0.462 e. The maximum atomic E-state index is 13.5. The van der Waals surface area contributed by atoms with Crippen molar-refractivity contribution in [1.29, 1.82) is 0 Å². The molecule has 13 atom stereocenters. The van der Waals surface area contributed by atoms with Crippen LogP contribution in [0.1, 0.15) is 80.6 Å². The van der Waals surface area contributed by atoms with Gasteiger partial charge in [-0.3, -0.25) is 9.59 Å². The fourth-order valence-electron chi connectivity index (χ4n) is 9.12. The van der Waals surface area contributed by atoms with Gasteiger partial charge in [0.25, 0.3) is 0 Å². The molecule has 4 fully saturated rings. The number of hydrogen-bond donors (Lipinski definition) is 3. The zero-order valence-electron chi connectivity index (χ0n) is 23.2. The summed E-state index contributed by atoms with van der Waals surface area (Å²) >= 11 is 0. The second-order valence-corrected chi connectivity index (χ2v) is 13.6. The zero-order valence-corrected chi connectivity index (χ0v) is 23.2. The highest BCUT2D eigenvalue weighted by molar-refractivity contribution is 5.87. The Hall–Kier alpha value is -1.24. The number of esters is 1. The average Bonchev–Trinajstić information content (AvgIpc) is 3.06. The topological polar surface area (TPSA) is 104 Å². The van der Waals surface area contributed by atoms with E-state index in [2.05, 4.69) is 53.7 Å². The molecule has 4 rings (SSSR count). The minimum absolute atomic E-state index is 0.0152. The number of allylic oxidation sites excluding steroid dienone is 2. The number of carbonyl (C=O) groups is 2. The molecule has 6 nitrogen and oxygen atoms in total. The SMILES string of the molecule is CC(=O)OC1CC2C3C(O)C(=O)C4CC(O)CCC4(C)C3C(O)CC2(C)C1C(C)C=CC(C)C(C)C. The molecule has 0 aromatic rings. The number of aliphatic hydroxyl groups is 3. The number of carbonyl (C=O) groups excluding carboxylic acids is 2. The first-order valence-corrected chi connectivity index (χ1v) is 14.2. The van der Waals surface area contributed by atoms with Gasteiger partial charge in [0.1, 0.15) is 12.2 Å². The Labute approximate surface area is 216 Å². The van der Waals surface area contributed by atoms with Gasteiger partial charge in [0, 0.05) is 24.7 Å². The Morgan fingerprint density at radius 2 is 1.72 bits per heavy atom. The number of Topliss-reactive ketones (excluding diaryl/α,β-unsaturated/α-hetero) is 1. The third-order valence-electron chi connectivity index (χ3n) is 11.2. The summed E-state index contributed by atoms with van der Waals surface area (Å²) in [6, 6.07) is 0. The van der Waals surface area contributed by atoms with E-state index in [4.69, 9.17) is 4.74 Å². The van der Waals surface area contributed by atoms with Crippen molar-refractivity contribution < 1.29 is 29.6 Å². The predicted octanol–water partition coefficient (Wildman–Crippen LogP) is 4.15. The molecule has 0 bridgehead atoms. The van der Waals surface area contributed by atoms with Gasteiger partial charge in [-0.15, -0.1) is 0 Å². The number of aliphatic hydroxyl groups excluding tert-OH is 3. The normalized spacial score (nSPS) is 48.3.